The highest BCUT2D eigenvalue weighted by atomic mass is 19.1. The lowest BCUT2D eigenvalue weighted by Gasteiger charge is -2.14. The monoisotopic (exact) mass is 261 g/mol. The quantitative estimate of drug-likeness (QED) is 0.859. The van der Waals surface area contributed by atoms with E-state index in [0.29, 0.717) is 0 Å². The Morgan fingerprint density at radius 1 is 1.32 bits per heavy atom. The lowest BCUT2D eigenvalue weighted by Crippen LogP contribution is -2.12. The topological polar surface area (TPSA) is 59.4 Å². The minimum absolute atomic E-state index is 0.126. The normalized spacial score (nSPS) is 11.9. The first-order chi connectivity index (χ1) is 9.15. The Morgan fingerprint density at radius 3 is 2.74 bits per heavy atom. The molecule has 2 rings (SSSR count). The van der Waals surface area contributed by atoms with E-state index in [0.717, 1.165) is 0 Å². The molecule has 0 aliphatic rings. The van der Waals surface area contributed by atoms with Crippen LogP contribution in [0.5, 0.6) is 0 Å². The van der Waals surface area contributed by atoms with E-state index in [1.165, 1.54) is 37.6 Å². The van der Waals surface area contributed by atoms with E-state index in [2.05, 4.69) is 9.72 Å². The summed E-state index contributed by atoms with van der Waals surface area (Å²) >= 11 is 0. The molecule has 2 aromatic rings. The highest BCUT2D eigenvalue weighted by Crippen LogP contribution is 2.25. The standard InChI is InChI=1S/C14H12FNO3/c1-19-14(18)10-6-3-2-5-9(10)13(17)12-11(15)7-4-8-16-12/h2-8,13,17H,1H3. The summed E-state index contributed by atoms with van der Waals surface area (Å²) in [5, 5.41) is 10.2. The number of aromatic nitrogens is 1. The van der Waals surface area contributed by atoms with Crippen molar-refractivity contribution in [2.45, 2.75) is 6.10 Å². The smallest absolute Gasteiger partial charge is 0.338 e. The molecule has 19 heavy (non-hydrogen) atoms. The van der Waals surface area contributed by atoms with Gasteiger partial charge in [0.2, 0.25) is 0 Å². The Kier molecular flexibility index (Phi) is 3.87. The number of hydrogen-bond donors (Lipinski definition) is 1. The van der Waals surface area contributed by atoms with Crippen molar-refractivity contribution in [3.63, 3.8) is 0 Å². The van der Waals surface area contributed by atoms with Gasteiger partial charge >= 0.3 is 5.97 Å². The van der Waals surface area contributed by atoms with Crippen molar-refractivity contribution in [2.24, 2.45) is 0 Å². The summed E-state index contributed by atoms with van der Waals surface area (Å²) in [4.78, 5) is 15.4. The van der Waals surface area contributed by atoms with Crippen LogP contribution in [0.2, 0.25) is 0 Å². The number of pyridine rings is 1. The first-order valence-corrected chi connectivity index (χ1v) is 5.61. The highest BCUT2D eigenvalue weighted by Gasteiger charge is 2.22. The Morgan fingerprint density at radius 2 is 2.05 bits per heavy atom. The Hall–Kier alpha value is -2.27. The van der Waals surface area contributed by atoms with Crippen molar-refractivity contribution in [2.75, 3.05) is 7.11 Å². The third-order valence-corrected chi connectivity index (χ3v) is 2.71. The molecule has 1 unspecified atom stereocenters. The van der Waals surface area contributed by atoms with Gasteiger partial charge in [-0.3, -0.25) is 4.98 Å². The molecule has 5 heteroatoms. The molecule has 0 aliphatic heterocycles. The van der Waals surface area contributed by atoms with Gasteiger partial charge in [-0.1, -0.05) is 18.2 Å². The summed E-state index contributed by atoms with van der Waals surface area (Å²) in [5.74, 6) is -1.22. The number of esters is 1. The fourth-order valence-electron chi connectivity index (χ4n) is 1.78. The fraction of sp³-hybridized carbons (Fsp3) is 0.143. The van der Waals surface area contributed by atoms with Gasteiger partial charge in [-0.25, -0.2) is 9.18 Å². The molecular formula is C14H12FNO3. The second-order valence-corrected chi connectivity index (χ2v) is 3.85. The van der Waals surface area contributed by atoms with E-state index in [1.54, 1.807) is 12.1 Å². The first kappa shape index (κ1) is 13.2. The van der Waals surface area contributed by atoms with Crippen LogP contribution in [0.1, 0.15) is 27.7 Å². The summed E-state index contributed by atoms with van der Waals surface area (Å²) in [6.45, 7) is 0. The molecule has 1 N–H and O–H groups in total. The van der Waals surface area contributed by atoms with E-state index in [1.807, 2.05) is 0 Å². The third kappa shape index (κ3) is 2.61. The zero-order valence-corrected chi connectivity index (χ0v) is 10.2. The summed E-state index contributed by atoms with van der Waals surface area (Å²) < 4.78 is 18.2. The van der Waals surface area contributed by atoms with Crippen LogP contribution < -0.4 is 0 Å². The van der Waals surface area contributed by atoms with Gasteiger partial charge < -0.3 is 9.84 Å². The number of aliphatic hydroxyl groups is 1. The molecule has 1 aromatic heterocycles. The minimum Gasteiger partial charge on any atom is -0.465 e. The number of hydrogen-bond acceptors (Lipinski definition) is 4. The van der Waals surface area contributed by atoms with E-state index in [9.17, 15) is 14.3 Å². The Labute approximate surface area is 109 Å². The van der Waals surface area contributed by atoms with Gasteiger partial charge in [0.05, 0.1) is 12.7 Å². The average molecular weight is 261 g/mol. The number of ether oxygens (including phenoxy) is 1. The SMILES string of the molecule is COC(=O)c1ccccc1C(O)c1ncccc1F. The van der Waals surface area contributed by atoms with Crippen LogP contribution in [0.15, 0.2) is 42.6 Å². The Bertz CT molecular complexity index is 601. The second kappa shape index (κ2) is 5.58. The number of nitrogens with zero attached hydrogens (tertiary/aromatic N) is 1. The van der Waals surface area contributed by atoms with Crippen LogP contribution in [0.25, 0.3) is 0 Å². The van der Waals surface area contributed by atoms with E-state index < -0.39 is 17.9 Å². The fourth-order valence-corrected chi connectivity index (χ4v) is 1.78. The van der Waals surface area contributed by atoms with Crippen LogP contribution in [0, 0.1) is 5.82 Å². The van der Waals surface area contributed by atoms with Crippen molar-refractivity contribution in [3.8, 4) is 0 Å². The van der Waals surface area contributed by atoms with Gasteiger partial charge in [0.25, 0.3) is 0 Å². The molecule has 0 fully saturated rings. The maximum absolute atomic E-state index is 13.6. The summed E-state index contributed by atoms with van der Waals surface area (Å²) in [5.41, 5.74) is 0.313. The summed E-state index contributed by atoms with van der Waals surface area (Å²) in [6, 6.07) is 8.95. The molecule has 4 nitrogen and oxygen atoms in total. The lowest BCUT2D eigenvalue weighted by atomic mass is 9.99. The molecular weight excluding hydrogens is 249 g/mol. The first-order valence-electron chi connectivity index (χ1n) is 5.61. The van der Waals surface area contributed by atoms with Crippen LogP contribution in [-0.2, 0) is 4.74 Å². The van der Waals surface area contributed by atoms with E-state index in [4.69, 9.17) is 0 Å². The molecule has 0 amide bonds. The van der Waals surface area contributed by atoms with Gasteiger partial charge in [0.1, 0.15) is 17.6 Å². The van der Waals surface area contributed by atoms with Gasteiger partial charge in [-0.2, -0.15) is 0 Å². The summed E-state index contributed by atoms with van der Waals surface area (Å²) in [6.07, 6.45) is 0.0547. The zero-order chi connectivity index (χ0) is 13.8. The largest absolute Gasteiger partial charge is 0.465 e. The molecule has 0 saturated carbocycles. The molecule has 0 spiro atoms. The van der Waals surface area contributed by atoms with Crippen LogP contribution in [0.3, 0.4) is 0 Å². The highest BCUT2D eigenvalue weighted by molar-refractivity contribution is 5.91. The number of aliphatic hydroxyl groups excluding tert-OH is 1. The predicted molar refractivity (Wildman–Crippen MR) is 66.0 cm³/mol. The molecule has 1 aromatic carbocycles. The average Bonchev–Trinajstić information content (AvgIpc) is 2.46. The van der Waals surface area contributed by atoms with Gasteiger partial charge in [-0.05, 0) is 18.2 Å². The van der Waals surface area contributed by atoms with Crippen molar-refractivity contribution in [1.29, 1.82) is 0 Å². The van der Waals surface area contributed by atoms with Crippen molar-refractivity contribution in [1.82, 2.24) is 4.98 Å². The molecule has 1 atom stereocenters. The van der Waals surface area contributed by atoms with E-state index in [-0.39, 0.29) is 16.8 Å². The molecule has 0 bridgehead atoms. The third-order valence-electron chi connectivity index (χ3n) is 2.71. The van der Waals surface area contributed by atoms with Crippen LogP contribution >= 0.6 is 0 Å². The van der Waals surface area contributed by atoms with Crippen molar-refractivity contribution < 1.29 is 19.0 Å². The van der Waals surface area contributed by atoms with Crippen molar-refractivity contribution >= 4 is 5.97 Å². The minimum atomic E-state index is -1.32. The van der Waals surface area contributed by atoms with Crippen molar-refractivity contribution in [3.05, 3.63) is 65.2 Å². The maximum Gasteiger partial charge on any atom is 0.338 e. The number of halogens is 1. The molecule has 0 saturated heterocycles. The van der Waals surface area contributed by atoms with Gasteiger partial charge in [0.15, 0.2) is 0 Å². The number of benzene rings is 1. The van der Waals surface area contributed by atoms with Crippen LogP contribution in [0.4, 0.5) is 4.39 Å². The van der Waals surface area contributed by atoms with E-state index >= 15 is 0 Å². The number of carbonyl (C=O) groups excluding carboxylic acids is 1. The van der Waals surface area contributed by atoms with Crippen LogP contribution in [-0.4, -0.2) is 23.2 Å². The van der Waals surface area contributed by atoms with Gasteiger partial charge in [0, 0.05) is 11.8 Å². The number of methoxy groups -OCH3 is 1. The summed E-state index contributed by atoms with van der Waals surface area (Å²) in [7, 11) is 1.24. The predicted octanol–water partition coefficient (Wildman–Crippen LogP) is 2.09. The zero-order valence-electron chi connectivity index (χ0n) is 10.2. The molecule has 0 radical (unpaired) electrons. The maximum atomic E-state index is 13.6. The molecule has 0 aliphatic carbocycles. The number of carbonyl (C=O) groups is 1. The molecule has 1 heterocycles. The van der Waals surface area contributed by atoms with Gasteiger partial charge in [-0.15, -0.1) is 0 Å². The Balaban J connectivity index is 2.48. The molecule has 98 valence electrons. The lowest BCUT2D eigenvalue weighted by molar-refractivity contribution is 0.0595. The number of rotatable bonds is 3. The second-order valence-electron chi connectivity index (χ2n) is 3.85.